The third-order valence-corrected chi connectivity index (χ3v) is 0.356. The van der Waals surface area contributed by atoms with Crippen LogP contribution in [0.25, 0.3) is 0 Å². The van der Waals surface area contributed by atoms with Crippen LogP contribution in [0, 0.1) is 0 Å². The van der Waals surface area contributed by atoms with Gasteiger partial charge in [-0.25, -0.2) is 0 Å². The van der Waals surface area contributed by atoms with Crippen molar-refractivity contribution >= 4 is 6.02 Å². The van der Waals surface area contributed by atoms with Crippen LogP contribution in [-0.2, 0) is 0 Å². The van der Waals surface area contributed by atoms with E-state index < -0.39 is 6.02 Å². The van der Waals surface area contributed by atoms with Crippen molar-refractivity contribution in [2.24, 2.45) is 16.7 Å². The highest BCUT2D eigenvalue weighted by Gasteiger charge is 2.01. The maximum atomic E-state index is 9.97. The Balaban J connectivity index is 3.89. The molecule has 0 fully saturated rings. The minimum Gasteiger partial charge on any atom is -0.842 e. The van der Waals surface area contributed by atoms with Gasteiger partial charge in [-0.2, -0.15) is 5.84 Å². The van der Waals surface area contributed by atoms with Gasteiger partial charge < -0.3 is 10.8 Å². The first-order chi connectivity index (χ1) is 3.42. The molecule has 0 aliphatic rings. The van der Waals surface area contributed by atoms with Gasteiger partial charge in [-0.05, 0) is 0 Å². The summed E-state index contributed by atoms with van der Waals surface area (Å²) in [5.41, 5.74) is 4.68. The molecule has 0 aliphatic carbocycles. The number of nitrogens with zero attached hydrogens (tertiary/aromatic N) is 2. The molecule has 0 heterocycles. The van der Waals surface area contributed by atoms with E-state index >= 15 is 0 Å². The van der Waals surface area contributed by atoms with Crippen molar-refractivity contribution in [3.63, 3.8) is 0 Å². The second-order valence-corrected chi connectivity index (χ2v) is 1.92. The van der Waals surface area contributed by atoms with Crippen molar-refractivity contribution in [2.75, 3.05) is 14.1 Å². The largest absolute Gasteiger partial charge is 0.842 e. The van der Waals surface area contributed by atoms with Gasteiger partial charge in [0, 0.05) is 0 Å². The van der Waals surface area contributed by atoms with Crippen LogP contribution in [0.2, 0.25) is 0 Å². The lowest BCUT2D eigenvalue weighted by Crippen LogP contribution is -2.45. The summed E-state index contributed by atoms with van der Waals surface area (Å²) in [4.78, 5) is 0. The molecular formula is C3H10N4O. The molecule has 0 saturated heterocycles. The molecule has 0 atom stereocenters. The Morgan fingerprint density at radius 3 is 2.00 bits per heavy atom. The molecule has 0 amide bonds. The lowest BCUT2D eigenvalue weighted by molar-refractivity contribution is -0.910. The second-order valence-electron chi connectivity index (χ2n) is 1.92. The summed E-state index contributed by atoms with van der Waals surface area (Å²) in [6.45, 7) is 0. The molecule has 5 heteroatoms. The van der Waals surface area contributed by atoms with E-state index in [0.717, 1.165) is 0 Å². The lowest BCUT2D eigenvalue weighted by Gasteiger charge is -2.15. The minimum atomic E-state index is -0.752. The quantitative estimate of drug-likeness (QED) is 0.131. The molecule has 0 aromatic rings. The second kappa shape index (κ2) is 1.97. The molecular weight excluding hydrogens is 108 g/mol. The first-order valence-corrected chi connectivity index (χ1v) is 2.07. The van der Waals surface area contributed by atoms with Gasteiger partial charge in [0.15, 0.2) is 0 Å². The smallest absolute Gasteiger partial charge is 0.112 e. The summed E-state index contributed by atoms with van der Waals surface area (Å²) in [5.74, 6) is 5.21. The maximum Gasteiger partial charge on any atom is 0.112 e. The van der Waals surface area contributed by atoms with E-state index in [1.54, 1.807) is 0 Å². The number of rotatable bonds is 1. The molecule has 0 rings (SSSR count). The predicted molar refractivity (Wildman–Crippen MR) is 27.9 cm³/mol. The van der Waals surface area contributed by atoms with Crippen LogP contribution in [0.4, 0.5) is 0 Å². The Bertz CT molecular complexity index is 98.3. The zero-order valence-corrected chi connectivity index (χ0v) is 4.96. The molecule has 0 spiro atoms. The number of hydrogen-bond donors (Lipinski definition) is 2. The topological polar surface area (TPSA) is 87.5 Å². The zero-order valence-electron chi connectivity index (χ0n) is 4.96. The number of nitrogens with two attached hydrogens (primary N) is 2. The van der Waals surface area contributed by atoms with Crippen LogP contribution in [0.5, 0.6) is 0 Å². The fraction of sp³-hybridized carbons (Fsp3) is 0.667. The summed E-state index contributed by atoms with van der Waals surface area (Å²) in [6, 6.07) is -0.752. The third-order valence-electron chi connectivity index (χ3n) is 0.356. The molecule has 4 N–H and O–H groups in total. The van der Waals surface area contributed by atoms with Crippen molar-refractivity contribution < 1.29 is 9.81 Å². The normalized spacial score (nSPS) is 14.1. The van der Waals surface area contributed by atoms with Gasteiger partial charge in [-0.3, -0.25) is 0 Å². The first kappa shape index (κ1) is 7.19. The summed E-state index contributed by atoms with van der Waals surface area (Å²) in [5, 5.41) is 13.2. The van der Waals surface area contributed by atoms with Crippen LogP contribution in [-0.4, -0.2) is 24.8 Å². The molecule has 0 bridgehead atoms. The number of quaternary nitrogens is 1. The van der Waals surface area contributed by atoms with Crippen molar-refractivity contribution in [2.45, 2.75) is 0 Å². The van der Waals surface area contributed by atoms with Crippen molar-refractivity contribution in [3.05, 3.63) is 0 Å². The summed E-state index contributed by atoms with van der Waals surface area (Å²) in [6.07, 6.45) is 0. The Kier molecular flexibility index (Phi) is 1.77. The first-order valence-electron chi connectivity index (χ1n) is 2.07. The predicted octanol–water partition coefficient (Wildman–Crippen LogP) is -2.47. The highest BCUT2D eigenvalue weighted by molar-refractivity contribution is 5.65. The summed E-state index contributed by atoms with van der Waals surface area (Å²) in [7, 11) is 3.06. The molecule has 0 unspecified atom stereocenters. The Hall–Kier alpha value is -0.810. The lowest BCUT2D eigenvalue weighted by atomic mass is 11.0. The fourth-order valence-electron chi connectivity index (χ4n) is 0.254. The molecule has 0 aliphatic heterocycles. The fourth-order valence-corrected chi connectivity index (χ4v) is 0.254. The molecule has 8 heavy (non-hydrogen) atoms. The number of hydrogen-bond acceptors (Lipinski definition) is 3. The van der Waals surface area contributed by atoms with Crippen LogP contribution in [0.15, 0.2) is 5.10 Å². The molecule has 0 aromatic heterocycles. The van der Waals surface area contributed by atoms with Crippen molar-refractivity contribution in [3.8, 4) is 0 Å². The summed E-state index contributed by atoms with van der Waals surface area (Å²) < 4.78 is -0.269. The van der Waals surface area contributed by atoms with Crippen LogP contribution in [0.1, 0.15) is 0 Å². The van der Waals surface area contributed by atoms with Gasteiger partial charge in [0.25, 0.3) is 0 Å². The monoisotopic (exact) mass is 118 g/mol. The highest BCUT2D eigenvalue weighted by atomic mass is 16.3. The molecule has 0 saturated carbocycles. The molecule has 48 valence electrons. The molecule has 0 radical (unpaired) electrons. The van der Waals surface area contributed by atoms with Crippen LogP contribution in [0.3, 0.4) is 0 Å². The van der Waals surface area contributed by atoms with E-state index in [9.17, 15) is 5.11 Å². The van der Waals surface area contributed by atoms with E-state index in [-0.39, 0.29) is 4.70 Å². The van der Waals surface area contributed by atoms with E-state index in [2.05, 4.69) is 10.8 Å². The van der Waals surface area contributed by atoms with Gasteiger partial charge in [-0.1, -0.05) is 5.10 Å². The minimum absolute atomic E-state index is 0.269. The van der Waals surface area contributed by atoms with E-state index in [1.807, 2.05) is 0 Å². The van der Waals surface area contributed by atoms with Gasteiger partial charge in [0.1, 0.15) is 20.1 Å². The van der Waals surface area contributed by atoms with Crippen LogP contribution >= 0.6 is 0 Å². The average Bonchev–Trinajstić information content (AvgIpc) is 1.21. The van der Waals surface area contributed by atoms with Gasteiger partial charge in [0.2, 0.25) is 0 Å². The standard InChI is InChI=1S/C3H10N4O/c1-7(2,5)6-3(4)8/h5H2,1-2H3,(H2-,4,6,8). The Morgan fingerprint density at radius 1 is 1.62 bits per heavy atom. The molecule has 5 nitrogen and oxygen atoms in total. The maximum absolute atomic E-state index is 9.97. The zero-order chi connectivity index (χ0) is 6.78. The highest BCUT2D eigenvalue weighted by Crippen LogP contribution is 1.81. The third kappa shape index (κ3) is 5.19. The summed E-state index contributed by atoms with van der Waals surface area (Å²) >= 11 is 0. The van der Waals surface area contributed by atoms with E-state index in [4.69, 9.17) is 5.84 Å². The number of amidine groups is 1. The average molecular weight is 118 g/mol. The van der Waals surface area contributed by atoms with Gasteiger partial charge in [0.05, 0.1) is 0 Å². The SMILES string of the molecule is C[N+](C)(N)/N=C(/N)[O-]. The van der Waals surface area contributed by atoms with E-state index in [1.165, 1.54) is 14.1 Å². The van der Waals surface area contributed by atoms with E-state index in [0.29, 0.717) is 0 Å². The van der Waals surface area contributed by atoms with Gasteiger partial charge in [-0.15, -0.1) is 4.70 Å². The van der Waals surface area contributed by atoms with Crippen LogP contribution < -0.4 is 16.7 Å². The Morgan fingerprint density at radius 2 is 2.00 bits per heavy atom. The van der Waals surface area contributed by atoms with Crippen molar-refractivity contribution in [1.82, 2.24) is 0 Å². The molecule has 0 aromatic carbocycles. The van der Waals surface area contributed by atoms with Crippen molar-refractivity contribution in [1.29, 1.82) is 0 Å². The van der Waals surface area contributed by atoms with Gasteiger partial charge >= 0.3 is 0 Å². The Labute approximate surface area is 47.7 Å².